The van der Waals surface area contributed by atoms with Crippen molar-refractivity contribution in [2.24, 2.45) is 0 Å². The van der Waals surface area contributed by atoms with E-state index >= 15 is 0 Å². The molecule has 5 heteroatoms. The predicted octanol–water partition coefficient (Wildman–Crippen LogP) is 3.97. The summed E-state index contributed by atoms with van der Waals surface area (Å²) in [6.45, 7) is 4.06. The van der Waals surface area contributed by atoms with Crippen molar-refractivity contribution in [2.75, 3.05) is 13.6 Å². The largest absolute Gasteiger partial charge is 0.299 e. The molecule has 2 aromatic heterocycles. The maximum Gasteiger partial charge on any atom is 0.145 e. The van der Waals surface area contributed by atoms with Crippen LogP contribution in [0, 0.1) is 0 Å². The molecule has 2 aromatic rings. The van der Waals surface area contributed by atoms with Crippen LogP contribution in [-0.4, -0.2) is 28.5 Å². The van der Waals surface area contributed by atoms with Crippen LogP contribution in [0.2, 0.25) is 5.15 Å². The van der Waals surface area contributed by atoms with Gasteiger partial charge in [-0.2, -0.15) is 0 Å². The van der Waals surface area contributed by atoms with Crippen molar-refractivity contribution < 1.29 is 0 Å². The number of rotatable bonds is 6. The fourth-order valence-electron chi connectivity index (χ4n) is 1.88. The Hall–Kier alpha value is -0.710. The van der Waals surface area contributed by atoms with Crippen LogP contribution in [-0.2, 0) is 6.54 Å². The summed E-state index contributed by atoms with van der Waals surface area (Å²) < 4.78 is 0. The Morgan fingerprint density at radius 1 is 1.33 bits per heavy atom. The van der Waals surface area contributed by atoms with E-state index in [1.165, 1.54) is 19.3 Å². The molecule has 0 bridgehead atoms. The topological polar surface area (TPSA) is 29.0 Å². The molecular formula is C13H18ClN3S. The number of thiophene rings is 1. The van der Waals surface area contributed by atoms with E-state index in [0.29, 0.717) is 5.15 Å². The molecule has 18 heavy (non-hydrogen) atoms. The van der Waals surface area contributed by atoms with Gasteiger partial charge < -0.3 is 0 Å². The van der Waals surface area contributed by atoms with Crippen LogP contribution < -0.4 is 0 Å². The average Bonchev–Trinajstić information content (AvgIpc) is 2.78. The van der Waals surface area contributed by atoms with Gasteiger partial charge in [-0.25, -0.2) is 9.97 Å². The minimum Gasteiger partial charge on any atom is -0.299 e. The summed E-state index contributed by atoms with van der Waals surface area (Å²) in [7, 11) is 2.10. The van der Waals surface area contributed by atoms with Crippen molar-refractivity contribution in [3.8, 4) is 0 Å². The van der Waals surface area contributed by atoms with E-state index in [9.17, 15) is 0 Å². The highest BCUT2D eigenvalue weighted by Crippen LogP contribution is 2.24. The zero-order valence-corrected chi connectivity index (χ0v) is 12.4. The summed E-state index contributed by atoms with van der Waals surface area (Å²) in [5.41, 5.74) is 0. The number of halogens is 1. The maximum absolute atomic E-state index is 6.15. The third-order valence-electron chi connectivity index (χ3n) is 2.88. The van der Waals surface area contributed by atoms with Crippen LogP contribution in [0.4, 0.5) is 0 Å². The smallest absolute Gasteiger partial charge is 0.145 e. The van der Waals surface area contributed by atoms with Gasteiger partial charge in [0.1, 0.15) is 15.8 Å². The Balaban J connectivity index is 2.02. The van der Waals surface area contributed by atoms with Gasteiger partial charge >= 0.3 is 0 Å². The fraction of sp³-hybridized carbons (Fsp3) is 0.538. The van der Waals surface area contributed by atoms with E-state index in [1.807, 2.05) is 11.4 Å². The van der Waals surface area contributed by atoms with Crippen molar-refractivity contribution in [1.82, 2.24) is 14.9 Å². The summed E-state index contributed by atoms with van der Waals surface area (Å²) in [5.74, 6) is 0.814. The number of nitrogens with zero attached hydrogens (tertiary/aromatic N) is 3. The number of hydrogen-bond donors (Lipinski definition) is 0. The minimum absolute atomic E-state index is 0.568. The summed E-state index contributed by atoms with van der Waals surface area (Å²) >= 11 is 7.76. The Bertz CT molecular complexity index is 512. The van der Waals surface area contributed by atoms with Gasteiger partial charge in [-0.1, -0.05) is 31.4 Å². The van der Waals surface area contributed by atoms with Crippen molar-refractivity contribution >= 4 is 33.2 Å². The molecule has 0 amide bonds. The molecule has 3 nitrogen and oxygen atoms in total. The molecule has 0 unspecified atom stereocenters. The van der Waals surface area contributed by atoms with Gasteiger partial charge in [-0.3, -0.25) is 4.90 Å². The van der Waals surface area contributed by atoms with Crippen LogP contribution in [0.5, 0.6) is 0 Å². The summed E-state index contributed by atoms with van der Waals surface area (Å²) in [4.78, 5) is 12.1. The zero-order valence-electron chi connectivity index (χ0n) is 10.8. The molecule has 98 valence electrons. The number of unbranched alkanes of at least 4 members (excludes halogenated alkanes) is 2. The van der Waals surface area contributed by atoms with Crippen molar-refractivity contribution in [1.29, 1.82) is 0 Å². The fourth-order valence-corrected chi connectivity index (χ4v) is 2.97. The molecular weight excluding hydrogens is 266 g/mol. The second kappa shape index (κ2) is 6.45. The Morgan fingerprint density at radius 2 is 2.17 bits per heavy atom. The molecule has 0 aromatic carbocycles. The standard InChI is InChI=1S/C13H18ClN3S/c1-3-4-5-7-17(2)9-11-15-12(14)10-6-8-18-13(10)16-11/h6,8H,3-5,7,9H2,1-2H3. The highest BCUT2D eigenvalue weighted by atomic mass is 35.5. The SMILES string of the molecule is CCCCCN(C)Cc1nc(Cl)c2ccsc2n1. The molecule has 0 saturated heterocycles. The van der Waals surface area contributed by atoms with E-state index in [0.717, 1.165) is 29.1 Å². The van der Waals surface area contributed by atoms with Gasteiger partial charge in [-0.05, 0) is 31.5 Å². The molecule has 0 radical (unpaired) electrons. The quantitative estimate of drug-likeness (QED) is 0.593. The lowest BCUT2D eigenvalue weighted by atomic mass is 10.2. The van der Waals surface area contributed by atoms with Gasteiger partial charge in [-0.15, -0.1) is 11.3 Å². The third kappa shape index (κ3) is 3.40. The molecule has 0 atom stereocenters. The number of aromatic nitrogens is 2. The van der Waals surface area contributed by atoms with E-state index in [-0.39, 0.29) is 0 Å². The Kier molecular flexibility index (Phi) is 4.92. The van der Waals surface area contributed by atoms with Crippen LogP contribution in [0.3, 0.4) is 0 Å². The van der Waals surface area contributed by atoms with Gasteiger partial charge in [0.15, 0.2) is 0 Å². The first kappa shape index (κ1) is 13.7. The first-order valence-corrected chi connectivity index (χ1v) is 7.54. The lowest BCUT2D eigenvalue weighted by Gasteiger charge is -2.15. The van der Waals surface area contributed by atoms with Crippen LogP contribution in [0.25, 0.3) is 10.2 Å². The molecule has 0 saturated carbocycles. The minimum atomic E-state index is 0.568. The van der Waals surface area contributed by atoms with E-state index in [4.69, 9.17) is 11.6 Å². The summed E-state index contributed by atoms with van der Waals surface area (Å²) in [6, 6.07) is 1.97. The molecule has 0 aliphatic carbocycles. The highest BCUT2D eigenvalue weighted by molar-refractivity contribution is 7.16. The Labute approximate surface area is 117 Å². The van der Waals surface area contributed by atoms with Crippen LogP contribution >= 0.6 is 22.9 Å². The third-order valence-corrected chi connectivity index (χ3v) is 3.97. The van der Waals surface area contributed by atoms with Crippen LogP contribution in [0.1, 0.15) is 32.0 Å². The average molecular weight is 284 g/mol. The first-order valence-electron chi connectivity index (χ1n) is 6.29. The number of hydrogen-bond acceptors (Lipinski definition) is 4. The monoisotopic (exact) mass is 283 g/mol. The normalized spacial score (nSPS) is 11.6. The highest BCUT2D eigenvalue weighted by Gasteiger charge is 2.08. The van der Waals surface area contributed by atoms with Gasteiger partial charge in [0.25, 0.3) is 0 Å². The Morgan fingerprint density at radius 3 is 2.94 bits per heavy atom. The lowest BCUT2D eigenvalue weighted by Crippen LogP contribution is -2.20. The molecule has 0 fully saturated rings. The summed E-state index contributed by atoms with van der Waals surface area (Å²) in [6.07, 6.45) is 3.75. The van der Waals surface area contributed by atoms with Crippen LogP contribution in [0.15, 0.2) is 11.4 Å². The van der Waals surface area contributed by atoms with Crippen molar-refractivity contribution in [2.45, 2.75) is 32.7 Å². The second-order valence-electron chi connectivity index (χ2n) is 4.51. The molecule has 2 heterocycles. The predicted molar refractivity (Wildman–Crippen MR) is 78.3 cm³/mol. The van der Waals surface area contributed by atoms with E-state index in [2.05, 4.69) is 28.8 Å². The lowest BCUT2D eigenvalue weighted by molar-refractivity contribution is 0.311. The first-order chi connectivity index (χ1) is 8.70. The van der Waals surface area contributed by atoms with Gasteiger partial charge in [0.2, 0.25) is 0 Å². The molecule has 0 spiro atoms. The molecule has 0 aliphatic rings. The van der Waals surface area contributed by atoms with Crippen molar-refractivity contribution in [3.63, 3.8) is 0 Å². The number of fused-ring (bicyclic) bond motifs is 1. The molecule has 0 N–H and O–H groups in total. The summed E-state index contributed by atoms with van der Waals surface area (Å²) in [5, 5.41) is 3.53. The van der Waals surface area contributed by atoms with Crippen molar-refractivity contribution in [3.05, 3.63) is 22.4 Å². The zero-order chi connectivity index (χ0) is 13.0. The second-order valence-corrected chi connectivity index (χ2v) is 5.77. The van der Waals surface area contributed by atoms with E-state index in [1.54, 1.807) is 11.3 Å². The van der Waals surface area contributed by atoms with E-state index < -0.39 is 0 Å². The molecule has 2 rings (SSSR count). The maximum atomic E-state index is 6.15. The van der Waals surface area contributed by atoms with Gasteiger partial charge in [0.05, 0.1) is 6.54 Å². The van der Waals surface area contributed by atoms with Gasteiger partial charge in [0, 0.05) is 5.39 Å². The molecule has 0 aliphatic heterocycles.